The second-order valence-electron chi connectivity index (χ2n) is 5.14. The van der Waals surface area contributed by atoms with Crippen LogP contribution in [-0.2, 0) is 9.47 Å². The lowest BCUT2D eigenvalue weighted by Gasteiger charge is -2.29. The first kappa shape index (κ1) is 14.7. The van der Waals surface area contributed by atoms with Gasteiger partial charge < -0.3 is 9.47 Å². The third kappa shape index (κ3) is 5.22. The van der Waals surface area contributed by atoms with Crippen molar-refractivity contribution in [2.75, 3.05) is 13.2 Å². The van der Waals surface area contributed by atoms with Crippen LogP contribution in [-0.4, -0.2) is 19.5 Å². The van der Waals surface area contributed by atoms with Crippen LogP contribution in [0.3, 0.4) is 0 Å². The summed E-state index contributed by atoms with van der Waals surface area (Å²) in [5, 5.41) is 0. The van der Waals surface area contributed by atoms with Gasteiger partial charge in [0.15, 0.2) is 6.29 Å². The van der Waals surface area contributed by atoms with Crippen molar-refractivity contribution in [3.05, 3.63) is 11.6 Å². The predicted octanol–water partition coefficient (Wildman–Crippen LogP) is 4.16. The molecule has 0 aromatic heterocycles. The molecule has 2 atom stereocenters. The van der Waals surface area contributed by atoms with Crippen molar-refractivity contribution in [1.29, 1.82) is 0 Å². The largest absolute Gasteiger partial charge is 0.353 e. The van der Waals surface area contributed by atoms with Crippen LogP contribution in [0, 0.1) is 11.8 Å². The summed E-state index contributed by atoms with van der Waals surface area (Å²) in [4.78, 5) is 0. The fourth-order valence-corrected chi connectivity index (χ4v) is 2.55. The van der Waals surface area contributed by atoms with Gasteiger partial charge >= 0.3 is 0 Å². The van der Waals surface area contributed by atoms with Crippen molar-refractivity contribution in [2.45, 2.75) is 59.7 Å². The van der Waals surface area contributed by atoms with E-state index in [9.17, 15) is 0 Å². The molecule has 0 bridgehead atoms. The zero-order valence-electron chi connectivity index (χ0n) is 11.9. The van der Waals surface area contributed by atoms with Crippen LogP contribution in [0.15, 0.2) is 11.6 Å². The van der Waals surface area contributed by atoms with E-state index in [2.05, 4.69) is 19.9 Å². The van der Waals surface area contributed by atoms with Crippen LogP contribution >= 0.6 is 0 Å². The third-order valence-electron chi connectivity index (χ3n) is 3.75. The zero-order chi connectivity index (χ0) is 12.7. The smallest absolute Gasteiger partial charge is 0.157 e. The fraction of sp³-hybridized carbons (Fsp3) is 0.867. The summed E-state index contributed by atoms with van der Waals surface area (Å²) in [6.45, 7) is 10.1. The normalized spacial score (nSPS) is 22.6. The molecule has 0 aromatic rings. The van der Waals surface area contributed by atoms with Gasteiger partial charge in [0.25, 0.3) is 0 Å². The molecule has 0 aliphatic heterocycles. The maximum absolute atomic E-state index is 5.63. The van der Waals surface area contributed by atoms with Crippen molar-refractivity contribution in [2.24, 2.45) is 11.8 Å². The summed E-state index contributed by atoms with van der Waals surface area (Å²) in [6, 6.07) is 0. The minimum absolute atomic E-state index is 0.00740. The summed E-state index contributed by atoms with van der Waals surface area (Å²) < 4.78 is 11.3. The molecule has 0 saturated carbocycles. The molecule has 2 nitrogen and oxygen atoms in total. The molecule has 100 valence electrons. The Bertz CT molecular complexity index is 229. The second kappa shape index (κ2) is 7.88. The lowest BCUT2D eigenvalue weighted by Crippen LogP contribution is -2.24. The number of hydrogen-bond donors (Lipinski definition) is 0. The molecular formula is C15H28O2. The van der Waals surface area contributed by atoms with Gasteiger partial charge in [-0.15, -0.1) is 0 Å². The number of hydrogen-bond acceptors (Lipinski definition) is 2. The highest BCUT2D eigenvalue weighted by atomic mass is 16.7. The molecule has 0 aromatic carbocycles. The quantitative estimate of drug-likeness (QED) is 0.491. The summed E-state index contributed by atoms with van der Waals surface area (Å²) >= 11 is 0. The SMILES string of the molecule is CCOC(CC(C)C1CC=C(C)CC1)OCC. The molecule has 17 heavy (non-hydrogen) atoms. The highest BCUT2D eigenvalue weighted by molar-refractivity contribution is 5.03. The molecule has 0 radical (unpaired) electrons. The van der Waals surface area contributed by atoms with Crippen LogP contribution in [0.25, 0.3) is 0 Å². The number of rotatable bonds is 7. The lowest BCUT2D eigenvalue weighted by atomic mass is 9.80. The standard InChI is InChI=1S/C15H28O2/c1-5-16-15(17-6-2)11-13(4)14-9-7-12(3)8-10-14/h7,13-15H,5-6,8-11H2,1-4H3. The van der Waals surface area contributed by atoms with Crippen molar-refractivity contribution >= 4 is 0 Å². The van der Waals surface area contributed by atoms with Crippen molar-refractivity contribution < 1.29 is 9.47 Å². The summed E-state index contributed by atoms with van der Waals surface area (Å²) in [5.74, 6) is 1.49. The molecule has 0 saturated heterocycles. The van der Waals surface area contributed by atoms with E-state index in [-0.39, 0.29) is 6.29 Å². The molecule has 0 fully saturated rings. The topological polar surface area (TPSA) is 18.5 Å². The van der Waals surface area contributed by atoms with Crippen LogP contribution < -0.4 is 0 Å². The Kier molecular flexibility index (Phi) is 6.83. The van der Waals surface area contributed by atoms with Crippen LogP contribution in [0.2, 0.25) is 0 Å². The van der Waals surface area contributed by atoms with E-state index in [1.807, 2.05) is 13.8 Å². The third-order valence-corrected chi connectivity index (χ3v) is 3.75. The molecule has 1 aliphatic rings. The van der Waals surface area contributed by atoms with Gasteiger partial charge in [0.2, 0.25) is 0 Å². The fourth-order valence-electron chi connectivity index (χ4n) is 2.55. The summed E-state index contributed by atoms with van der Waals surface area (Å²) in [6.07, 6.45) is 7.25. The Labute approximate surface area is 106 Å². The van der Waals surface area contributed by atoms with Crippen molar-refractivity contribution in [1.82, 2.24) is 0 Å². The van der Waals surface area contributed by atoms with Gasteiger partial charge in [-0.3, -0.25) is 0 Å². The van der Waals surface area contributed by atoms with Gasteiger partial charge in [-0.1, -0.05) is 18.6 Å². The molecule has 0 spiro atoms. The molecule has 2 unspecified atom stereocenters. The Hall–Kier alpha value is -0.340. The molecular weight excluding hydrogens is 212 g/mol. The van der Waals surface area contributed by atoms with Gasteiger partial charge in [-0.2, -0.15) is 0 Å². The first-order valence-electron chi connectivity index (χ1n) is 7.06. The first-order valence-corrected chi connectivity index (χ1v) is 7.06. The van der Waals surface area contributed by atoms with E-state index in [0.29, 0.717) is 5.92 Å². The van der Waals surface area contributed by atoms with Crippen LogP contribution in [0.4, 0.5) is 0 Å². The minimum Gasteiger partial charge on any atom is -0.353 e. The van der Waals surface area contributed by atoms with Gasteiger partial charge in [0.1, 0.15) is 0 Å². The van der Waals surface area contributed by atoms with Gasteiger partial charge in [0.05, 0.1) is 0 Å². The lowest BCUT2D eigenvalue weighted by molar-refractivity contribution is -0.148. The van der Waals surface area contributed by atoms with E-state index >= 15 is 0 Å². The zero-order valence-corrected chi connectivity index (χ0v) is 11.9. The van der Waals surface area contributed by atoms with Crippen LogP contribution in [0.5, 0.6) is 0 Å². The Morgan fingerprint density at radius 3 is 2.41 bits per heavy atom. The maximum Gasteiger partial charge on any atom is 0.157 e. The van der Waals surface area contributed by atoms with Crippen molar-refractivity contribution in [3.8, 4) is 0 Å². The highest BCUT2D eigenvalue weighted by Crippen LogP contribution is 2.31. The molecule has 0 N–H and O–H groups in total. The number of allylic oxidation sites excluding steroid dienone is 2. The minimum atomic E-state index is -0.00740. The number of ether oxygens (including phenoxy) is 2. The van der Waals surface area contributed by atoms with E-state index in [0.717, 1.165) is 25.6 Å². The van der Waals surface area contributed by atoms with Crippen molar-refractivity contribution in [3.63, 3.8) is 0 Å². The van der Waals surface area contributed by atoms with Gasteiger partial charge in [-0.05, 0) is 51.9 Å². The Morgan fingerprint density at radius 2 is 1.94 bits per heavy atom. The second-order valence-corrected chi connectivity index (χ2v) is 5.14. The average Bonchev–Trinajstić information content (AvgIpc) is 2.30. The van der Waals surface area contributed by atoms with E-state index in [1.165, 1.54) is 19.3 Å². The molecule has 0 amide bonds. The summed E-state index contributed by atoms with van der Waals surface area (Å²) in [7, 11) is 0. The molecule has 2 heteroatoms. The first-order chi connectivity index (χ1) is 8.17. The van der Waals surface area contributed by atoms with E-state index in [1.54, 1.807) is 5.57 Å². The monoisotopic (exact) mass is 240 g/mol. The maximum atomic E-state index is 5.63. The predicted molar refractivity (Wildman–Crippen MR) is 71.9 cm³/mol. The average molecular weight is 240 g/mol. The Balaban J connectivity index is 2.38. The van der Waals surface area contributed by atoms with Gasteiger partial charge in [0, 0.05) is 19.6 Å². The Morgan fingerprint density at radius 1 is 1.29 bits per heavy atom. The van der Waals surface area contributed by atoms with Crippen LogP contribution in [0.1, 0.15) is 53.4 Å². The van der Waals surface area contributed by atoms with Gasteiger partial charge in [-0.25, -0.2) is 0 Å². The molecule has 1 rings (SSSR count). The van der Waals surface area contributed by atoms with E-state index in [4.69, 9.17) is 9.47 Å². The highest BCUT2D eigenvalue weighted by Gasteiger charge is 2.22. The molecule has 0 heterocycles. The van der Waals surface area contributed by atoms with E-state index < -0.39 is 0 Å². The summed E-state index contributed by atoms with van der Waals surface area (Å²) in [5.41, 5.74) is 1.56. The molecule has 1 aliphatic carbocycles.